The highest BCUT2D eigenvalue weighted by Crippen LogP contribution is 2.28. The van der Waals surface area contributed by atoms with Crippen LogP contribution >= 0.6 is 0 Å². The van der Waals surface area contributed by atoms with Gasteiger partial charge in [0, 0.05) is 114 Å². The normalized spacial score (nSPS) is 16.0. The molecule has 0 spiro atoms. The van der Waals surface area contributed by atoms with E-state index in [0.717, 1.165) is 161 Å². The molecule has 0 aromatic heterocycles. The summed E-state index contributed by atoms with van der Waals surface area (Å²) in [6, 6.07) is 2.27. The lowest BCUT2D eigenvalue weighted by Crippen LogP contribution is -2.46. The maximum Gasteiger partial charge on any atom is 0.359 e. The van der Waals surface area contributed by atoms with E-state index >= 15 is 0 Å². The first-order chi connectivity index (χ1) is 65.7. The molecule has 144 heavy (non-hydrogen) atoms. The van der Waals surface area contributed by atoms with Gasteiger partial charge in [-0.05, 0) is 200 Å². The van der Waals surface area contributed by atoms with E-state index < -0.39 is 69.4 Å². The average Bonchev–Trinajstić information content (AvgIpc) is 1.77. The van der Waals surface area contributed by atoms with Gasteiger partial charge in [-0.1, -0.05) is 69.2 Å². The molecule has 850 valence electrons. The third-order valence-corrected chi connectivity index (χ3v) is 30.0. The minimum Gasteiger partial charge on any atom is -0.477 e. The van der Waals surface area contributed by atoms with Crippen LogP contribution in [0.25, 0.3) is 0 Å². The van der Waals surface area contributed by atoms with Crippen molar-refractivity contribution in [1.29, 1.82) is 0 Å². The molecule has 0 aromatic carbocycles. The largest absolute Gasteiger partial charge is 0.477 e. The summed E-state index contributed by atoms with van der Waals surface area (Å²) in [5.74, 6) is -1.79. The molecule has 5 atom stereocenters. The Balaban J connectivity index is -0.000000503. The van der Waals surface area contributed by atoms with E-state index in [1.807, 2.05) is 171 Å². The van der Waals surface area contributed by atoms with Crippen molar-refractivity contribution in [2.24, 2.45) is 27.1 Å². The molecule has 5 fully saturated rings. The van der Waals surface area contributed by atoms with Crippen molar-refractivity contribution >= 4 is 102 Å². The van der Waals surface area contributed by atoms with Gasteiger partial charge < -0.3 is 80.8 Å². The van der Waals surface area contributed by atoms with Gasteiger partial charge in [-0.3, -0.25) is 61.6 Å². The van der Waals surface area contributed by atoms with Gasteiger partial charge in [-0.15, -0.1) is 0 Å². The first-order valence-corrected chi connectivity index (χ1v) is 57.2. The molecule has 5 N–H and O–H groups in total. The number of nitrogens with zero attached hydrogens (tertiary/aromatic N) is 10. The van der Waals surface area contributed by atoms with Crippen LogP contribution in [0, 0.1) is 27.1 Å². The number of carboxylic acids is 2. The van der Waals surface area contributed by atoms with Crippen molar-refractivity contribution < 1.29 is 153 Å². The molecule has 0 radical (unpaired) electrons. The topological polar surface area (TPSA) is 471 Å². The summed E-state index contributed by atoms with van der Waals surface area (Å²) in [4.78, 5) is 145. The molecule has 5 rings (SSSR count). The second kappa shape index (κ2) is 70.3. The number of amides is 5. The highest BCUT2D eigenvalue weighted by molar-refractivity contribution is 7.86. The van der Waals surface area contributed by atoms with E-state index in [1.165, 1.54) is 0 Å². The van der Waals surface area contributed by atoms with Gasteiger partial charge in [0.15, 0.2) is 13.1 Å². The molecule has 41 heteroatoms. The number of hydrogen-bond acceptors (Lipinski definition) is 23. The molecular formula is C103H207N10O28S3+5. The third kappa shape index (κ3) is 69.5. The summed E-state index contributed by atoms with van der Waals surface area (Å²) in [7, 11) is 7.10. The van der Waals surface area contributed by atoms with Crippen molar-refractivity contribution in [1.82, 2.24) is 24.5 Å². The number of hydrogen-bond donors (Lipinski definition) is 5. The lowest BCUT2D eigenvalue weighted by Gasteiger charge is -2.30. The predicted molar refractivity (Wildman–Crippen MR) is 566 cm³/mol. The van der Waals surface area contributed by atoms with Gasteiger partial charge >= 0.3 is 41.8 Å². The molecule has 5 heterocycles. The number of likely N-dealkylation sites (N-methyl/N-ethyl adjacent to an activating group) is 5. The number of rotatable bonds is 51. The lowest BCUT2D eigenvalue weighted by molar-refractivity contribution is -0.890. The van der Waals surface area contributed by atoms with Gasteiger partial charge in [0.2, 0.25) is 29.5 Å². The third-order valence-electron chi connectivity index (χ3n) is 27.6. The molecular weight excluding hydrogens is 1920 g/mol. The van der Waals surface area contributed by atoms with Crippen molar-refractivity contribution in [2.45, 2.75) is 351 Å². The highest BCUT2D eigenvalue weighted by Gasteiger charge is 2.36. The average molecular weight is 2130 g/mol. The van der Waals surface area contributed by atoms with Gasteiger partial charge in [-0.25, -0.2) is 9.59 Å². The summed E-state index contributed by atoms with van der Waals surface area (Å²) >= 11 is 0. The SMILES string of the molecule is CCC(C)(C)C(=O)OCC[N+](C)(C)CC(=O)O.CCC(C)(C)C(=O)OCC[N+](C)(C)CC(=O)O.CCC(C)(C)C(=O)OCC[N+](C)(C)CCCS(=O)(=O)O.CCC(C)(C)C(=O)OCC[N+](C)(C)CCCS(=O)(=O)O.CCC(C)(C)C(=O)OCC[N+](C)(C)CCCS(=O)(=O)O.CCC(C)N1CCCC1=O.CCC(C)N1CCCC1=O.CCC(C)N1CCCC1=O.CCC(C)N1CCCC1=O.CCC(C)N1CCCC1=O. The van der Waals surface area contributed by atoms with Crippen LogP contribution in [-0.4, -0.2) is 417 Å². The van der Waals surface area contributed by atoms with Gasteiger partial charge in [0.05, 0.1) is 134 Å². The maximum atomic E-state index is 11.8. The Bertz CT molecular complexity index is 3710. The van der Waals surface area contributed by atoms with Crippen LogP contribution < -0.4 is 0 Å². The standard InChI is InChI=1S/3C13H27NO5S.2C12H23NO4.5C8H15NO/c3*1-6-13(2,3)12(15)19-10-9-14(4,5)8-7-11-20(16,17)18;2*1-6-12(2,3)11(16)17-8-7-13(4,5)9-10(14)15;5*1-3-7(2)9-6-4-5-8(9)10/h3*6-11H2,1-5H3;2*6-9H2,1-5H3;5*7H,3-6H2,1-2H3/p+5. The van der Waals surface area contributed by atoms with Crippen LogP contribution in [0.2, 0.25) is 0 Å². The number of likely N-dealkylation sites (tertiary alicyclic amines) is 5. The van der Waals surface area contributed by atoms with Crippen LogP contribution in [0.4, 0.5) is 0 Å². The van der Waals surface area contributed by atoms with Gasteiger partial charge in [0.25, 0.3) is 30.4 Å². The lowest BCUT2D eigenvalue weighted by atomic mass is 9.91. The zero-order valence-corrected chi connectivity index (χ0v) is 98.7. The van der Waals surface area contributed by atoms with E-state index in [9.17, 15) is 82.8 Å². The van der Waals surface area contributed by atoms with Crippen LogP contribution in [0.1, 0.15) is 321 Å². The Morgan fingerprint density at radius 2 is 0.431 bits per heavy atom. The molecule has 5 aliphatic heterocycles. The minimum absolute atomic E-state index is 0.0225. The summed E-state index contributed by atoms with van der Waals surface area (Å²) < 4.78 is 118. The van der Waals surface area contributed by atoms with E-state index in [2.05, 4.69) is 69.2 Å². The number of carboxylic acid groups (broad SMARTS) is 2. The van der Waals surface area contributed by atoms with Crippen LogP contribution in [0.15, 0.2) is 0 Å². The Hall–Kier alpha value is -6.83. The fourth-order valence-electron chi connectivity index (χ4n) is 13.7. The molecule has 5 aliphatic rings. The van der Waals surface area contributed by atoms with Crippen molar-refractivity contribution in [2.75, 3.05) is 219 Å². The van der Waals surface area contributed by atoms with Crippen LogP contribution in [0.3, 0.4) is 0 Å². The van der Waals surface area contributed by atoms with Crippen LogP contribution in [-0.2, 0) is 112 Å². The molecule has 5 saturated heterocycles. The molecule has 5 unspecified atom stereocenters. The van der Waals surface area contributed by atoms with E-state index in [4.69, 9.17) is 47.6 Å². The Morgan fingerprint density at radius 1 is 0.285 bits per heavy atom. The van der Waals surface area contributed by atoms with Gasteiger partial charge in [0.1, 0.15) is 65.8 Å². The fraction of sp³-hybridized carbons (Fsp3) is 0.883. The first kappa shape index (κ1) is 146. The van der Waals surface area contributed by atoms with E-state index in [1.54, 1.807) is 28.2 Å². The first-order valence-electron chi connectivity index (χ1n) is 52.4. The Morgan fingerprint density at radius 3 is 0.542 bits per heavy atom. The molecule has 0 aromatic rings. The summed E-state index contributed by atoms with van der Waals surface area (Å²) in [5.41, 5.74) is -2.35. The monoisotopic (exact) mass is 2130 g/mol. The number of ether oxygens (including phenoxy) is 5. The summed E-state index contributed by atoms with van der Waals surface area (Å²) in [6.45, 7) is 60.3. The smallest absolute Gasteiger partial charge is 0.359 e. The van der Waals surface area contributed by atoms with Crippen molar-refractivity contribution in [3.05, 3.63) is 0 Å². The summed E-state index contributed by atoms with van der Waals surface area (Å²) in [5, 5.41) is 17.4. The second-order valence-electron chi connectivity index (χ2n) is 45.1. The number of esters is 5. The second-order valence-corrected chi connectivity index (χ2v) is 49.8. The molecule has 5 amide bonds. The number of quaternary nitrogens is 5. The fourth-order valence-corrected chi connectivity index (χ4v) is 15.1. The number of aliphatic carboxylic acids is 2. The zero-order valence-electron chi connectivity index (χ0n) is 96.2. The highest BCUT2D eigenvalue weighted by atomic mass is 32.2. The molecule has 38 nitrogen and oxygen atoms in total. The summed E-state index contributed by atoms with van der Waals surface area (Å²) in [6.07, 6.45) is 19.2. The predicted octanol–water partition coefficient (Wildman–Crippen LogP) is 13.3. The maximum absolute atomic E-state index is 11.8. The van der Waals surface area contributed by atoms with Crippen molar-refractivity contribution in [3.8, 4) is 0 Å². The molecule has 0 saturated carbocycles. The number of carbonyl (C=O) groups excluding carboxylic acids is 10. The molecule has 0 bridgehead atoms. The van der Waals surface area contributed by atoms with E-state index in [-0.39, 0.29) is 73.4 Å². The van der Waals surface area contributed by atoms with E-state index in [0.29, 0.717) is 174 Å². The zero-order chi connectivity index (χ0) is 113. The van der Waals surface area contributed by atoms with Crippen LogP contribution in [0.5, 0.6) is 0 Å². The Labute approximate surface area is 871 Å². The van der Waals surface area contributed by atoms with Gasteiger partial charge in [-0.2, -0.15) is 25.3 Å². The Kier molecular flexibility index (Phi) is 71.0. The quantitative estimate of drug-likeness (QED) is 0.0163. The number of carbonyl (C=O) groups is 12. The minimum atomic E-state index is -3.90. The van der Waals surface area contributed by atoms with Crippen molar-refractivity contribution in [3.63, 3.8) is 0 Å². The molecule has 0 aliphatic carbocycles.